The number of nitrogens with one attached hydrogen (secondary N) is 1. The topological polar surface area (TPSA) is 84.9 Å². The molecule has 1 aliphatic rings. The maximum Gasteiger partial charge on any atom is 0.261 e. The summed E-state index contributed by atoms with van der Waals surface area (Å²) in [5.74, 6) is 1.08. The number of carbonyl (C=O) groups is 1. The van der Waals surface area contributed by atoms with E-state index >= 15 is 0 Å². The van der Waals surface area contributed by atoms with Crippen LogP contribution in [0.5, 0.6) is 11.5 Å². The average Bonchev–Trinajstić information content (AvgIpc) is 3.34. The molecule has 1 heterocycles. The summed E-state index contributed by atoms with van der Waals surface area (Å²) < 4.78 is 38.2. The Morgan fingerprint density at radius 1 is 1.09 bits per heavy atom. The number of hydrogen-bond acceptors (Lipinski definition) is 5. The zero-order chi connectivity index (χ0) is 23.1. The molecule has 2 aromatic carbocycles. The smallest absolute Gasteiger partial charge is 0.261 e. The summed E-state index contributed by atoms with van der Waals surface area (Å²) in [6.45, 7) is 7.63. The van der Waals surface area contributed by atoms with Crippen molar-refractivity contribution < 1.29 is 22.7 Å². The Kier molecular flexibility index (Phi) is 8.15. The number of carbonyl (C=O) groups excluding carboxylic acids is 1. The number of hydrogen-bond donors (Lipinski definition) is 1. The van der Waals surface area contributed by atoms with Crippen LogP contribution in [0.25, 0.3) is 0 Å². The average molecular weight is 461 g/mol. The van der Waals surface area contributed by atoms with E-state index < -0.39 is 16.1 Å². The van der Waals surface area contributed by atoms with Crippen molar-refractivity contribution in [2.75, 3.05) is 26.2 Å². The van der Waals surface area contributed by atoms with Crippen LogP contribution in [0.1, 0.15) is 37.3 Å². The molecule has 8 heteroatoms. The molecule has 1 amide bonds. The Bertz CT molecular complexity index is 1020. The molecule has 1 fully saturated rings. The second-order valence-corrected chi connectivity index (χ2v) is 9.87. The molecule has 1 aliphatic heterocycles. The second-order valence-electron chi connectivity index (χ2n) is 7.93. The van der Waals surface area contributed by atoms with Crippen LogP contribution < -0.4 is 14.8 Å². The van der Waals surface area contributed by atoms with E-state index in [2.05, 4.69) is 5.32 Å². The first-order valence-corrected chi connectivity index (χ1v) is 12.5. The lowest BCUT2D eigenvalue weighted by atomic mass is 10.1. The van der Waals surface area contributed by atoms with Gasteiger partial charge < -0.3 is 14.8 Å². The van der Waals surface area contributed by atoms with Crippen molar-refractivity contribution >= 4 is 15.9 Å². The summed E-state index contributed by atoms with van der Waals surface area (Å²) >= 11 is 0. The Balaban J connectivity index is 1.46. The lowest BCUT2D eigenvalue weighted by molar-refractivity contribution is -0.128. The maximum absolute atomic E-state index is 12.6. The van der Waals surface area contributed by atoms with Gasteiger partial charge in [0.2, 0.25) is 10.0 Å². The molecule has 174 valence electrons. The van der Waals surface area contributed by atoms with E-state index in [1.54, 1.807) is 24.3 Å². The molecule has 1 N–H and O–H groups in total. The van der Waals surface area contributed by atoms with E-state index in [0.29, 0.717) is 37.6 Å². The number of aryl methyl sites for hydroxylation is 1. The van der Waals surface area contributed by atoms with Crippen LogP contribution in [0.15, 0.2) is 47.4 Å². The highest BCUT2D eigenvalue weighted by Gasteiger charge is 2.27. The van der Waals surface area contributed by atoms with Crippen LogP contribution in [0.4, 0.5) is 0 Å². The molecule has 2 aromatic rings. The van der Waals surface area contributed by atoms with Crippen LogP contribution in [-0.4, -0.2) is 51.0 Å². The van der Waals surface area contributed by atoms with Gasteiger partial charge in [-0.2, -0.15) is 4.31 Å². The third-order valence-corrected chi connectivity index (χ3v) is 7.60. The standard InChI is InChI=1S/C24H32N2O5S/c1-4-22(31-23-9-7-8-18(2)19(23)3)24(27)25-14-17-30-20-10-12-21(13-11-20)32(28,29)26-15-5-6-16-26/h7-13,22H,4-6,14-17H2,1-3H3,(H,25,27)/t22-/m0/s1. The molecule has 0 bridgehead atoms. The van der Waals surface area contributed by atoms with Gasteiger partial charge in [-0.25, -0.2) is 8.42 Å². The van der Waals surface area contributed by atoms with Crippen molar-refractivity contribution in [1.82, 2.24) is 9.62 Å². The fraction of sp³-hybridized carbons (Fsp3) is 0.458. The van der Waals surface area contributed by atoms with Crippen molar-refractivity contribution in [3.05, 3.63) is 53.6 Å². The zero-order valence-electron chi connectivity index (χ0n) is 19.0. The van der Waals surface area contributed by atoms with Gasteiger partial charge in [0.1, 0.15) is 18.1 Å². The Labute approximate surface area is 190 Å². The van der Waals surface area contributed by atoms with Gasteiger partial charge in [0, 0.05) is 13.1 Å². The molecule has 7 nitrogen and oxygen atoms in total. The normalized spacial score (nSPS) is 15.3. The monoisotopic (exact) mass is 460 g/mol. The van der Waals surface area contributed by atoms with Crippen molar-refractivity contribution in [2.45, 2.75) is 51.0 Å². The molecule has 1 saturated heterocycles. The number of rotatable bonds is 10. The van der Waals surface area contributed by atoms with E-state index in [-0.39, 0.29) is 17.4 Å². The fourth-order valence-corrected chi connectivity index (χ4v) is 5.09. The molecule has 0 aliphatic carbocycles. The van der Waals surface area contributed by atoms with Crippen LogP contribution in [0.2, 0.25) is 0 Å². The SMILES string of the molecule is CC[C@H](Oc1cccc(C)c1C)C(=O)NCCOc1ccc(S(=O)(=O)N2CCCC2)cc1. The predicted molar refractivity (Wildman–Crippen MR) is 124 cm³/mol. The van der Waals surface area contributed by atoms with Gasteiger partial charge in [-0.1, -0.05) is 19.1 Å². The minimum absolute atomic E-state index is 0.191. The third kappa shape index (κ3) is 5.81. The van der Waals surface area contributed by atoms with Gasteiger partial charge in [-0.3, -0.25) is 4.79 Å². The van der Waals surface area contributed by atoms with Gasteiger partial charge in [-0.15, -0.1) is 0 Å². The van der Waals surface area contributed by atoms with E-state index in [1.165, 1.54) is 4.31 Å². The van der Waals surface area contributed by atoms with Gasteiger partial charge in [0.25, 0.3) is 5.91 Å². The molecule has 0 unspecified atom stereocenters. The van der Waals surface area contributed by atoms with E-state index in [4.69, 9.17) is 9.47 Å². The van der Waals surface area contributed by atoms with Crippen molar-refractivity contribution in [1.29, 1.82) is 0 Å². The number of amides is 1. The quantitative estimate of drug-likeness (QED) is 0.549. The van der Waals surface area contributed by atoms with E-state index in [1.807, 2.05) is 39.0 Å². The highest BCUT2D eigenvalue weighted by Crippen LogP contribution is 2.24. The second kappa shape index (κ2) is 10.8. The number of benzene rings is 2. The highest BCUT2D eigenvalue weighted by atomic mass is 32.2. The van der Waals surface area contributed by atoms with Gasteiger partial charge in [-0.05, 0) is 74.6 Å². The summed E-state index contributed by atoms with van der Waals surface area (Å²) in [5.41, 5.74) is 2.14. The minimum Gasteiger partial charge on any atom is -0.492 e. The largest absolute Gasteiger partial charge is 0.492 e. The molecule has 0 spiro atoms. The van der Waals surface area contributed by atoms with Gasteiger partial charge >= 0.3 is 0 Å². The molecule has 3 rings (SSSR count). The third-order valence-electron chi connectivity index (χ3n) is 5.68. The Hall–Kier alpha value is -2.58. The van der Waals surface area contributed by atoms with Crippen LogP contribution in [-0.2, 0) is 14.8 Å². The van der Waals surface area contributed by atoms with Crippen LogP contribution >= 0.6 is 0 Å². The maximum atomic E-state index is 12.6. The van der Waals surface area contributed by atoms with Crippen molar-refractivity contribution in [3.8, 4) is 11.5 Å². The minimum atomic E-state index is -3.43. The van der Waals surface area contributed by atoms with Crippen molar-refractivity contribution in [3.63, 3.8) is 0 Å². The number of ether oxygens (including phenoxy) is 2. The van der Waals surface area contributed by atoms with Gasteiger partial charge in [0.15, 0.2) is 6.10 Å². The summed E-state index contributed by atoms with van der Waals surface area (Å²) in [7, 11) is -3.43. The van der Waals surface area contributed by atoms with E-state index in [9.17, 15) is 13.2 Å². The lowest BCUT2D eigenvalue weighted by Gasteiger charge is -2.19. The first kappa shape index (κ1) is 24.1. The fourth-order valence-electron chi connectivity index (χ4n) is 3.57. The number of nitrogens with zero attached hydrogens (tertiary/aromatic N) is 1. The Morgan fingerprint density at radius 2 is 1.78 bits per heavy atom. The zero-order valence-corrected chi connectivity index (χ0v) is 19.8. The van der Waals surface area contributed by atoms with Crippen LogP contribution in [0.3, 0.4) is 0 Å². The van der Waals surface area contributed by atoms with Gasteiger partial charge in [0.05, 0.1) is 11.4 Å². The predicted octanol–water partition coefficient (Wildman–Crippen LogP) is 3.44. The molecule has 0 aromatic heterocycles. The molecule has 32 heavy (non-hydrogen) atoms. The molecule has 0 radical (unpaired) electrons. The lowest BCUT2D eigenvalue weighted by Crippen LogP contribution is -2.39. The number of sulfonamides is 1. The molecular weight excluding hydrogens is 428 g/mol. The molecule has 0 saturated carbocycles. The van der Waals surface area contributed by atoms with Crippen molar-refractivity contribution in [2.24, 2.45) is 0 Å². The first-order valence-electron chi connectivity index (χ1n) is 11.1. The summed E-state index contributed by atoms with van der Waals surface area (Å²) in [5, 5.41) is 2.84. The summed E-state index contributed by atoms with van der Waals surface area (Å²) in [4.78, 5) is 12.8. The highest BCUT2D eigenvalue weighted by molar-refractivity contribution is 7.89. The molecule has 1 atom stereocenters. The Morgan fingerprint density at radius 3 is 2.44 bits per heavy atom. The molecular formula is C24H32N2O5S. The summed E-state index contributed by atoms with van der Waals surface area (Å²) in [6.07, 6.45) is 1.78. The first-order chi connectivity index (χ1) is 15.3. The van der Waals surface area contributed by atoms with E-state index in [0.717, 1.165) is 24.0 Å². The van der Waals surface area contributed by atoms with Crippen LogP contribution in [0, 0.1) is 13.8 Å². The summed E-state index contributed by atoms with van der Waals surface area (Å²) in [6, 6.07) is 12.2.